The molecule has 0 aliphatic heterocycles. The molecule has 0 fully saturated rings. The number of amides is 2. The first-order valence-corrected chi connectivity index (χ1v) is 13.6. The zero-order valence-corrected chi connectivity index (χ0v) is 21.6. The van der Waals surface area contributed by atoms with E-state index in [-0.39, 0.29) is 18.5 Å². The molecule has 34 heavy (non-hydrogen) atoms. The van der Waals surface area contributed by atoms with E-state index in [1.165, 1.54) is 4.90 Å². The standard InChI is InChI=1S/C26H37N3O4S/c1-6-21-13-15-23(16-14-21)29(34(5,32)33)19-25(30)28(18-17-22-11-9-8-10-12-22)24(7-2)26(31)27-20(3)4/h8-16,20,24H,6-7,17-19H2,1-5H3,(H,27,31)/t24-/m0/s1. The second kappa shape index (κ2) is 12.6. The minimum Gasteiger partial charge on any atom is -0.352 e. The van der Waals surface area contributed by atoms with Crippen LogP contribution in [0.3, 0.4) is 0 Å². The van der Waals surface area contributed by atoms with Gasteiger partial charge in [0.1, 0.15) is 12.6 Å². The summed E-state index contributed by atoms with van der Waals surface area (Å²) in [7, 11) is -3.72. The van der Waals surface area contributed by atoms with E-state index in [1.54, 1.807) is 12.1 Å². The van der Waals surface area contributed by atoms with Crippen molar-refractivity contribution in [2.45, 2.75) is 59.0 Å². The second-order valence-corrected chi connectivity index (χ2v) is 10.6. The van der Waals surface area contributed by atoms with Gasteiger partial charge in [-0.05, 0) is 56.4 Å². The van der Waals surface area contributed by atoms with Crippen molar-refractivity contribution in [3.05, 3.63) is 65.7 Å². The van der Waals surface area contributed by atoms with Crippen molar-refractivity contribution in [3.8, 4) is 0 Å². The molecule has 0 saturated carbocycles. The van der Waals surface area contributed by atoms with Crippen molar-refractivity contribution in [1.82, 2.24) is 10.2 Å². The van der Waals surface area contributed by atoms with E-state index in [1.807, 2.05) is 70.2 Å². The Morgan fingerprint density at radius 2 is 1.56 bits per heavy atom. The Morgan fingerprint density at radius 1 is 0.941 bits per heavy atom. The van der Waals surface area contributed by atoms with E-state index >= 15 is 0 Å². The maximum absolute atomic E-state index is 13.5. The van der Waals surface area contributed by atoms with Crippen LogP contribution in [-0.2, 0) is 32.5 Å². The summed E-state index contributed by atoms with van der Waals surface area (Å²) >= 11 is 0. The normalized spacial score (nSPS) is 12.3. The van der Waals surface area contributed by atoms with E-state index in [0.29, 0.717) is 25.1 Å². The fourth-order valence-electron chi connectivity index (χ4n) is 3.79. The Morgan fingerprint density at radius 3 is 2.06 bits per heavy atom. The summed E-state index contributed by atoms with van der Waals surface area (Å²) in [6.45, 7) is 7.54. The van der Waals surface area contributed by atoms with Crippen LogP contribution in [0.25, 0.3) is 0 Å². The van der Waals surface area contributed by atoms with Crippen molar-refractivity contribution in [1.29, 1.82) is 0 Å². The molecule has 0 spiro atoms. The molecular weight excluding hydrogens is 450 g/mol. The van der Waals surface area contributed by atoms with Gasteiger partial charge in [-0.25, -0.2) is 8.42 Å². The molecule has 0 aromatic heterocycles. The predicted octanol–water partition coefficient (Wildman–Crippen LogP) is 3.39. The van der Waals surface area contributed by atoms with Gasteiger partial charge >= 0.3 is 0 Å². The molecule has 0 saturated heterocycles. The lowest BCUT2D eigenvalue weighted by atomic mass is 10.1. The van der Waals surface area contributed by atoms with Gasteiger partial charge in [-0.1, -0.05) is 56.3 Å². The molecular formula is C26H37N3O4S. The molecule has 2 aromatic rings. The van der Waals surface area contributed by atoms with Gasteiger partial charge in [0.25, 0.3) is 0 Å². The van der Waals surface area contributed by atoms with Gasteiger partial charge in [-0.2, -0.15) is 0 Å². The number of anilines is 1. The molecule has 2 aromatic carbocycles. The third-order valence-corrected chi connectivity index (χ3v) is 6.75. The monoisotopic (exact) mass is 487 g/mol. The summed E-state index contributed by atoms with van der Waals surface area (Å²) in [6.07, 6.45) is 2.89. The topological polar surface area (TPSA) is 86.8 Å². The third-order valence-electron chi connectivity index (χ3n) is 5.61. The van der Waals surface area contributed by atoms with E-state index < -0.39 is 22.0 Å². The number of carbonyl (C=O) groups is 2. The number of nitrogens with zero attached hydrogens (tertiary/aromatic N) is 2. The Labute approximate surface area is 204 Å². The SMILES string of the molecule is CCc1ccc(N(CC(=O)N(CCc2ccccc2)[C@@H](CC)C(=O)NC(C)C)S(C)(=O)=O)cc1. The maximum atomic E-state index is 13.5. The Bertz CT molecular complexity index is 1040. The quantitative estimate of drug-likeness (QED) is 0.497. The van der Waals surface area contributed by atoms with E-state index in [0.717, 1.165) is 28.1 Å². The maximum Gasteiger partial charge on any atom is 0.244 e. The fraction of sp³-hybridized carbons (Fsp3) is 0.462. The molecule has 0 radical (unpaired) electrons. The van der Waals surface area contributed by atoms with Crippen LogP contribution in [0, 0.1) is 0 Å². The van der Waals surface area contributed by atoms with Crippen LogP contribution in [0.5, 0.6) is 0 Å². The number of nitrogens with one attached hydrogen (secondary N) is 1. The molecule has 7 nitrogen and oxygen atoms in total. The van der Waals surface area contributed by atoms with Crippen LogP contribution in [0.2, 0.25) is 0 Å². The minimum absolute atomic E-state index is 0.0720. The Hall–Kier alpha value is -2.87. The zero-order chi connectivity index (χ0) is 25.3. The number of rotatable bonds is 12. The van der Waals surface area contributed by atoms with Crippen LogP contribution < -0.4 is 9.62 Å². The average Bonchev–Trinajstić information content (AvgIpc) is 2.79. The molecule has 0 aliphatic carbocycles. The number of carbonyl (C=O) groups excluding carboxylic acids is 2. The third kappa shape index (κ3) is 7.87. The van der Waals surface area contributed by atoms with Gasteiger partial charge in [0.2, 0.25) is 21.8 Å². The molecule has 8 heteroatoms. The van der Waals surface area contributed by atoms with Crippen LogP contribution >= 0.6 is 0 Å². The summed E-state index contributed by atoms with van der Waals surface area (Å²) in [5.74, 6) is -0.649. The van der Waals surface area contributed by atoms with Gasteiger partial charge < -0.3 is 10.2 Å². The number of hydrogen-bond donors (Lipinski definition) is 1. The highest BCUT2D eigenvalue weighted by Gasteiger charge is 2.31. The highest BCUT2D eigenvalue weighted by molar-refractivity contribution is 7.92. The molecule has 1 N–H and O–H groups in total. The fourth-order valence-corrected chi connectivity index (χ4v) is 4.64. The van der Waals surface area contributed by atoms with Gasteiger partial charge in [0, 0.05) is 12.6 Å². The number of hydrogen-bond acceptors (Lipinski definition) is 4. The van der Waals surface area contributed by atoms with Gasteiger partial charge in [0.05, 0.1) is 11.9 Å². The highest BCUT2D eigenvalue weighted by atomic mass is 32.2. The lowest BCUT2D eigenvalue weighted by Gasteiger charge is -2.33. The van der Waals surface area contributed by atoms with Crippen LogP contribution in [0.1, 0.15) is 45.2 Å². The summed E-state index contributed by atoms with van der Waals surface area (Å²) in [4.78, 5) is 28.0. The Balaban J connectivity index is 2.35. The lowest BCUT2D eigenvalue weighted by Crippen LogP contribution is -2.54. The van der Waals surface area contributed by atoms with Gasteiger partial charge in [-0.15, -0.1) is 0 Å². The summed E-state index contributed by atoms with van der Waals surface area (Å²) in [5, 5.41) is 2.89. The summed E-state index contributed by atoms with van der Waals surface area (Å²) in [6, 6.07) is 16.1. The molecule has 2 rings (SSSR count). The average molecular weight is 488 g/mol. The first-order valence-electron chi connectivity index (χ1n) is 11.8. The molecule has 186 valence electrons. The van der Waals surface area contributed by atoms with Gasteiger partial charge in [0.15, 0.2) is 0 Å². The van der Waals surface area contributed by atoms with Crippen molar-refractivity contribution >= 4 is 27.5 Å². The van der Waals surface area contributed by atoms with Crippen LogP contribution in [0.15, 0.2) is 54.6 Å². The van der Waals surface area contributed by atoms with E-state index in [9.17, 15) is 18.0 Å². The van der Waals surface area contributed by atoms with E-state index in [4.69, 9.17) is 0 Å². The van der Waals surface area contributed by atoms with Crippen molar-refractivity contribution in [3.63, 3.8) is 0 Å². The van der Waals surface area contributed by atoms with Gasteiger partial charge in [-0.3, -0.25) is 13.9 Å². The molecule has 0 aliphatic rings. The van der Waals surface area contributed by atoms with E-state index in [2.05, 4.69) is 5.32 Å². The van der Waals surface area contributed by atoms with Crippen molar-refractivity contribution in [2.75, 3.05) is 23.7 Å². The first kappa shape index (κ1) is 27.4. The number of sulfonamides is 1. The summed E-state index contributed by atoms with van der Waals surface area (Å²) in [5.41, 5.74) is 2.54. The first-order chi connectivity index (χ1) is 16.1. The smallest absolute Gasteiger partial charge is 0.244 e. The second-order valence-electron chi connectivity index (χ2n) is 8.70. The zero-order valence-electron chi connectivity index (χ0n) is 20.8. The molecule has 0 heterocycles. The highest BCUT2D eigenvalue weighted by Crippen LogP contribution is 2.20. The minimum atomic E-state index is -3.72. The summed E-state index contributed by atoms with van der Waals surface area (Å²) < 4.78 is 26.3. The molecule has 0 unspecified atom stereocenters. The molecule has 0 bridgehead atoms. The molecule has 1 atom stereocenters. The van der Waals surface area contributed by atoms with Crippen LogP contribution in [-0.4, -0.2) is 56.6 Å². The van der Waals surface area contributed by atoms with Crippen molar-refractivity contribution in [2.24, 2.45) is 0 Å². The van der Waals surface area contributed by atoms with Crippen molar-refractivity contribution < 1.29 is 18.0 Å². The largest absolute Gasteiger partial charge is 0.352 e. The predicted molar refractivity (Wildman–Crippen MR) is 137 cm³/mol. The Kier molecular flexibility index (Phi) is 10.1. The number of benzene rings is 2. The molecule has 2 amide bonds. The number of aryl methyl sites for hydroxylation is 1. The lowest BCUT2D eigenvalue weighted by molar-refractivity contribution is -0.139. The van der Waals surface area contributed by atoms with Crippen LogP contribution in [0.4, 0.5) is 5.69 Å².